The van der Waals surface area contributed by atoms with E-state index >= 15 is 0 Å². The summed E-state index contributed by atoms with van der Waals surface area (Å²) in [5.41, 5.74) is 2.18. The van der Waals surface area contributed by atoms with Crippen LogP contribution in [0.2, 0.25) is 0 Å². The molecule has 3 heteroatoms. The lowest BCUT2D eigenvalue weighted by atomic mass is 10.0. The summed E-state index contributed by atoms with van der Waals surface area (Å²) in [6.07, 6.45) is 4.31. The average molecular weight is 247 g/mol. The molecule has 2 N–H and O–H groups in total. The molecule has 0 saturated carbocycles. The van der Waals surface area contributed by atoms with Crippen LogP contribution in [0.5, 0.6) is 5.75 Å². The van der Waals surface area contributed by atoms with Crippen LogP contribution in [0.15, 0.2) is 24.3 Å². The number of rotatable bonds is 5. The van der Waals surface area contributed by atoms with Gasteiger partial charge in [0, 0.05) is 24.6 Å². The Morgan fingerprint density at radius 3 is 3.00 bits per heavy atom. The number of aliphatic hydroxyl groups excluding tert-OH is 1. The van der Waals surface area contributed by atoms with Crippen molar-refractivity contribution in [1.29, 1.82) is 0 Å². The maximum Gasteiger partial charge on any atom is 0.130 e. The fourth-order valence-corrected chi connectivity index (χ4v) is 2.08. The normalized spacial score (nSPS) is 15.3. The number of benzene rings is 1. The molecule has 0 amide bonds. The first-order chi connectivity index (χ1) is 8.66. The quantitative estimate of drug-likeness (QED) is 0.836. The van der Waals surface area contributed by atoms with Crippen molar-refractivity contribution >= 4 is 6.08 Å². The first kappa shape index (κ1) is 13.1. The molecule has 1 aliphatic heterocycles. The molecule has 3 nitrogen and oxygen atoms in total. The van der Waals surface area contributed by atoms with Crippen molar-refractivity contribution in [2.75, 3.05) is 13.2 Å². The van der Waals surface area contributed by atoms with E-state index in [-0.39, 0.29) is 6.10 Å². The first-order valence-corrected chi connectivity index (χ1v) is 6.49. The number of para-hydroxylation sites is 1. The predicted molar refractivity (Wildman–Crippen MR) is 73.8 cm³/mol. The summed E-state index contributed by atoms with van der Waals surface area (Å²) in [5.74, 6) is 0.920. The molecule has 1 heterocycles. The van der Waals surface area contributed by atoms with Crippen LogP contribution in [-0.2, 0) is 6.42 Å². The number of fused-ring (bicyclic) bond motifs is 1. The van der Waals surface area contributed by atoms with Gasteiger partial charge < -0.3 is 15.2 Å². The maximum absolute atomic E-state index is 10.0. The van der Waals surface area contributed by atoms with Crippen molar-refractivity contribution in [2.45, 2.75) is 32.4 Å². The lowest BCUT2D eigenvalue weighted by molar-refractivity contribution is 0.167. The summed E-state index contributed by atoms with van der Waals surface area (Å²) < 4.78 is 5.66. The van der Waals surface area contributed by atoms with Gasteiger partial charge in [-0.25, -0.2) is 0 Å². The smallest absolute Gasteiger partial charge is 0.130 e. The molecule has 0 spiro atoms. The van der Waals surface area contributed by atoms with Gasteiger partial charge in [-0.2, -0.15) is 0 Å². The Bertz CT molecular complexity index is 427. The van der Waals surface area contributed by atoms with Gasteiger partial charge in [-0.15, -0.1) is 0 Å². The highest BCUT2D eigenvalue weighted by atomic mass is 16.5. The Hall–Kier alpha value is -1.32. The van der Waals surface area contributed by atoms with E-state index < -0.39 is 0 Å². The topological polar surface area (TPSA) is 41.5 Å². The van der Waals surface area contributed by atoms with Crippen LogP contribution >= 0.6 is 0 Å². The van der Waals surface area contributed by atoms with Crippen LogP contribution < -0.4 is 10.1 Å². The maximum atomic E-state index is 10.0. The standard InChI is InChI=1S/C15H21NO2/c1-11(2)16-10-14(17)9-13-6-3-5-12-7-4-8-18-15(12)13/h3-7,11,14,16-17H,8-10H2,1-2H3. The van der Waals surface area contributed by atoms with Gasteiger partial charge in [0.15, 0.2) is 0 Å². The van der Waals surface area contributed by atoms with Crippen LogP contribution in [-0.4, -0.2) is 30.4 Å². The molecule has 1 unspecified atom stereocenters. The van der Waals surface area contributed by atoms with Gasteiger partial charge in [-0.3, -0.25) is 0 Å². The third-order valence-corrected chi connectivity index (χ3v) is 2.97. The lowest BCUT2D eigenvalue weighted by Crippen LogP contribution is -2.33. The van der Waals surface area contributed by atoms with Gasteiger partial charge in [-0.1, -0.05) is 38.1 Å². The van der Waals surface area contributed by atoms with E-state index in [1.165, 1.54) is 0 Å². The van der Waals surface area contributed by atoms with E-state index in [2.05, 4.69) is 25.2 Å². The second-order valence-electron chi connectivity index (χ2n) is 4.97. The molecule has 0 aromatic heterocycles. The van der Waals surface area contributed by atoms with Crippen molar-refractivity contribution in [3.8, 4) is 5.75 Å². The van der Waals surface area contributed by atoms with Crippen LogP contribution in [0.3, 0.4) is 0 Å². The number of nitrogens with one attached hydrogen (secondary N) is 1. The van der Waals surface area contributed by atoms with E-state index in [1.54, 1.807) is 0 Å². The summed E-state index contributed by atoms with van der Waals surface area (Å²) in [7, 11) is 0. The van der Waals surface area contributed by atoms with E-state index in [0.717, 1.165) is 16.9 Å². The highest BCUT2D eigenvalue weighted by molar-refractivity contribution is 5.61. The summed E-state index contributed by atoms with van der Waals surface area (Å²) in [6, 6.07) is 6.46. The molecule has 0 aliphatic carbocycles. The molecule has 0 radical (unpaired) electrons. The summed E-state index contributed by atoms with van der Waals surface area (Å²) in [6.45, 7) is 5.37. The van der Waals surface area contributed by atoms with E-state index in [4.69, 9.17) is 4.74 Å². The number of hydrogen-bond acceptors (Lipinski definition) is 3. The van der Waals surface area contributed by atoms with Gasteiger partial charge in [-0.05, 0) is 11.6 Å². The molecule has 2 rings (SSSR count). The van der Waals surface area contributed by atoms with E-state index in [9.17, 15) is 5.11 Å². The fourth-order valence-electron chi connectivity index (χ4n) is 2.08. The molecule has 18 heavy (non-hydrogen) atoms. The molecule has 0 fully saturated rings. The van der Waals surface area contributed by atoms with Gasteiger partial charge in [0.05, 0.1) is 6.10 Å². The first-order valence-electron chi connectivity index (χ1n) is 6.49. The predicted octanol–water partition coefficient (Wildman–Crippen LogP) is 1.99. The zero-order valence-corrected chi connectivity index (χ0v) is 11.0. The molecule has 98 valence electrons. The minimum atomic E-state index is -0.381. The van der Waals surface area contributed by atoms with Gasteiger partial charge in [0.1, 0.15) is 12.4 Å². The van der Waals surface area contributed by atoms with Crippen molar-refractivity contribution in [1.82, 2.24) is 5.32 Å². The van der Waals surface area contributed by atoms with Crippen molar-refractivity contribution in [3.05, 3.63) is 35.4 Å². The van der Waals surface area contributed by atoms with E-state index in [1.807, 2.05) is 24.3 Å². The molecule has 1 aromatic rings. The zero-order valence-electron chi connectivity index (χ0n) is 11.0. The Kier molecular flexibility index (Phi) is 4.39. The number of hydrogen-bond donors (Lipinski definition) is 2. The third kappa shape index (κ3) is 3.34. The molecular weight excluding hydrogens is 226 g/mol. The lowest BCUT2D eigenvalue weighted by Gasteiger charge is -2.19. The van der Waals surface area contributed by atoms with E-state index in [0.29, 0.717) is 25.6 Å². The van der Waals surface area contributed by atoms with Gasteiger partial charge in [0.2, 0.25) is 0 Å². The molecule has 1 aliphatic rings. The monoisotopic (exact) mass is 247 g/mol. The van der Waals surface area contributed by atoms with Crippen LogP contribution in [0.1, 0.15) is 25.0 Å². The van der Waals surface area contributed by atoms with Gasteiger partial charge >= 0.3 is 0 Å². The average Bonchev–Trinajstić information content (AvgIpc) is 2.37. The molecule has 1 atom stereocenters. The summed E-state index contributed by atoms with van der Waals surface area (Å²) in [5, 5.41) is 13.3. The minimum absolute atomic E-state index is 0.381. The third-order valence-electron chi connectivity index (χ3n) is 2.97. The SMILES string of the molecule is CC(C)NCC(O)Cc1cccc2c1OCC=C2. The largest absolute Gasteiger partial charge is 0.489 e. The second-order valence-corrected chi connectivity index (χ2v) is 4.97. The van der Waals surface area contributed by atoms with Crippen LogP contribution in [0, 0.1) is 0 Å². The van der Waals surface area contributed by atoms with Crippen LogP contribution in [0.4, 0.5) is 0 Å². The zero-order chi connectivity index (χ0) is 13.0. The summed E-state index contributed by atoms with van der Waals surface area (Å²) >= 11 is 0. The highest BCUT2D eigenvalue weighted by Gasteiger charge is 2.14. The van der Waals surface area contributed by atoms with Crippen molar-refractivity contribution < 1.29 is 9.84 Å². The molecular formula is C15H21NO2. The molecule has 1 aromatic carbocycles. The van der Waals surface area contributed by atoms with Crippen molar-refractivity contribution in [3.63, 3.8) is 0 Å². The highest BCUT2D eigenvalue weighted by Crippen LogP contribution is 2.28. The second kappa shape index (κ2) is 6.03. The molecule has 0 saturated heterocycles. The fraction of sp³-hybridized carbons (Fsp3) is 0.467. The number of aliphatic hydroxyl groups is 1. The summed E-state index contributed by atoms with van der Waals surface area (Å²) in [4.78, 5) is 0. The Morgan fingerprint density at radius 1 is 1.39 bits per heavy atom. The molecule has 0 bridgehead atoms. The Balaban J connectivity index is 2.03. The number of ether oxygens (including phenoxy) is 1. The van der Waals surface area contributed by atoms with Crippen molar-refractivity contribution in [2.24, 2.45) is 0 Å². The minimum Gasteiger partial charge on any atom is -0.489 e. The van der Waals surface area contributed by atoms with Gasteiger partial charge in [0.25, 0.3) is 0 Å². The van der Waals surface area contributed by atoms with Crippen LogP contribution in [0.25, 0.3) is 6.08 Å². The Morgan fingerprint density at radius 2 is 2.22 bits per heavy atom. The Labute approximate surface area is 108 Å².